The first-order valence-corrected chi connectivity index (χ1v) is 6.39. The molecule has 0 aliphatic rings. The average Bonchev–Trinajstić information content (AvgIpc) is 2.31. The first-order chi connectivity index (χ1) is 8.36. The molecule has 0 unspecified atom stereocenters. The summed E-state index contributed by atoms with van der Waals surface area (Å²) in [7, 11) is 0. The highest BCUT2D eigenvalue weighted by Gasteiger charge is 2.28. The molecule has 3 heteroatoms. The fourth-order valence-electron chi connectivity index (χ4n) is 1.84. The van der Waals surface area contributed by atoms with Gasteiger partial charge in [-0.3, -0.25) is 4.79 Å². The average molecular weight is 249 g/mol. The second-order valence-corrected chi connectivity index (χ2v) is 5.29. The molecule has 0 bridgehead atoms. The Balaban J connectivity index is 2.69. The molecule has 0 fully saturated rings. The molecule has 18 heavy (non-hydrogen) atoms. The number of benzene rings is 1. The Labute approximate surface area is 109 Å². The third kappa shape index (κ3) is 3.76. The predicted molar refractivity (Wildman–Crippen MR) is 74.3 cm³/mol. The van der Waals surface area contributed by atoms with E-state index < -0.39 is 5.41 Å². The summed E-state index contributed by atoms with van der Waals surface area (Å²) in [5.74, 6) is -0.133. The normalized spacial score (nSPS) is 11.3. The van der Waals surface area contributed by atoms with Crippen molar-refractivity contribution in [2.24, 2.45) is 5.41 Å². The summed E-state index contributed by atoms with van der Waals surface area (Å²) in [5.41, 5.74) is 8.51. The number of anilines is 1. The summed E-state index contributed by atoms with van der Waals surface area (Å²) >= 11 is 0. The van der Waals surface area contributed by atoms with Gasteiger partial charge >= 0.3 is 5.97 Å². The topological polar surface area (TPSA) is 52.3 Å². The van der Waals surface area contributed by atoms with E-state index in [4.69, 9.17) is 10.5 Å². The Bertz CT molecular complexity index is 425. The van der Waals surface area contributed by atoms with Gasteiger partial charge in [0, 0.05) is 5.69 Å². The van der Waals surface area contributed by atoms with E-state index in [1.54, 1.807) is 0 Å². The molecule has 0 aliphatic heterocycles. The van der Waals surface area contributed by atoms with Crippen LogP contribution in [0.3, 0.4) is 0 Å². The maximum Gasteiger partial charge on any atom is 0.311 e. The van der Waals surface area contributed by atoms with Crippen LogP contribution in [0.15, 0.2) is 18.2 Å². The van der Waals surface area contributed by atoms with Gasteiger partial charge in [0.15, 0.2) is 0 Å². The molecule has 0 saturated heterocycles. The lowest BCUT2D eigenvalue weighted by Crippen LogP contribution is -2.27. The number of carbonyl (C=O) groups is 1. The van der Waals surface area contributed by atoms with Crippen molar-refractivity contribution in [3.8, 4) is 0 Å². The molecule has 0 spiro atoms. The lowest BCUT2D eigenvalue weighted by molar-refractivity contribution is -0.153. The fraction of sp³-hybridized carbons (Fsp3) is 0.533. The predicted octanol–water partition coefficient (Wildman–Crippen LogP) is 3.10. The Morgan fingerprint density at radius 1 is 1.39 bits per heavy atom. The van der Waals surface area contributed by atoms with E-state index in [1.165, 1.54) is 11.1 Å². The van der Waals surface area contributed by atoms with Crippen LogP contribution in [0.25, 0.3) is 0 Å². The molecule has 3 nitrogen and oxygen atoms in total. The molecule has 1 aromatic rings. The first-order valence-electron chi connectivity index (χ1n) is 6.39. The Kier molecular flexibility index (Phi) is 4.76. The maximum absolute atomic E-state index is 11.8. The molecular weight excluding hydrogens is 226 g/mol. The van der Waals surface area contributed by atoms with Gasteiger partial charge in [-0.2, -0.15) is 0 Å². The first kappa shape index (κ1) is 14.6. The molecule has 0 amide bonds. The van der Waals surface area contributed by atoms with E-state index >= 15 is 0 Å². The number of aryl methyl sites for hydroxylation is 2. The lowest BCUT2D eigenvalue weighted by Gasteiger charge is -2.22. The van der Waals surface area contributed by atoms with Crippen LogP contribution in [-0.4, -0.2) is 12.6 Å². The number of hydrogen-bond acceptors (Lipinski definition) is 3. The fourth-order valence-corrected chi connectivity index (χ4v) is 1.84. The molecule has 1 rings (SSSR count). The Hall–Kier alpha value is -1.51. The van der Waals surface area contributed by atoms with Gasteiger partial charge in [-0.15, -0.1) is 0 Å². The highest BCUT2D eigenvalue weighted by Crippen LogP contribution is 2.26. The quantitative estimate of drug-likeness (QED) is 0.644. The molecule has 1 aromatic carbocycles. The Morgan fingerprint density at radius 2 is 2.06 bits per heavy atom. The lowest BCUT2D eigenvalue weighted by atomic mass is 9.85. The van der Waals surface area contributed by atoms with Gasteiger partial charge in [0.2, 0.25) is 0 Å². The zero-order chi connectivity index (χ0) is 13.8. The van der Waals surface area contributed by atoms with E-state index in [1.807, 2.05) is 39.0 Å². The highest BCUT2D eigenvalue weighted by atomic mass is 16.5. The smallest absolute Gasteiger partial charge is 0.311 e. The summed E-state index contributed by atoms with van der Waals surface area (Å²) in [6.45, 7) is 8.17. The standard InChI is InChI=1S/C15H23NO2/c1-5-18-14(17)15(3,4)9-8-12-10-13(16)7-6-11(12)2/h6-7,10H,5,8-9,16H2,1-4H3. The van der Waals surface area contributed by atoms with Crippen LogP contribution in [-0.2, 0) is 16.0 Å². The van der Waals surface area contributed by atoms with Crippen molar-refractivity contribution >= 4 is 11.7 Å². The largest absolute Gasteiger partial charge is 0.466 e. The molecule has 2 N–H and O–H groups in total. The third-order valence-corrected chi connectivity index (χ3v) is 3.22. The van der Waals surface area contributed by atoms with Gasteiger partial charge in [-0.1, -0.05) is 6.07 Å². The van der Waals surface area contributed by atoms with Crippen molar-refractivity contribution in [3.05, 3.63) is 29.3 Å². The molecular formula is C15H23NO2. The van der Waals surface area contributed by atoms with Gasteiger partial charge in [-0.25, -0.2) is 0 Å². The van der Waals surface area contributed by atoms with E-state index in [0.29, 0.717) is 6.61 Å². The van der Waals surface area contributed by atoms with Crippen LogP contribution in [0, 0.1) is 12.3 Å². The van der Waals surface area contributed by atoms with Crippen LogP contribution in [0.4, 0.5) is 5.69 Å². The van der Waals surface area contributed by atoms with Crippen molar-refractivity contribution < 1.29 is 9.53 Å². The second kappa shape index (κ2) is 5.89. The van der Waals surface area contributed by atoms with Gasteiger partial charge in [0.05, 0.1) is 12.0 Å². The SMILES string of the molecule is CCOC(=O)C(C)(C)CCc1cc(N)ccc1C. The van der Waals surface area contributed by atoms with Crippen molar-refractivity contribution in [2.45, 2.75) is 40.5 Å². The molecule has 0 aliphatic carbocycles. The van der Waals surface area contributed by atoms with Crippen LogP contribution in [0.5, 0.6) is 0 Å². The Morgan fingerprint density at radius 3 is 2.67 bits per heavy atom. The van der Waals surface area contributed by atoms with E-state index in [-0.39, 0.29) is 5.97 Å². The van der Waals surface area contributed by atoms with Gasteiger partial charge in [-0.05, 0) is 63.8 Å². The zero-order valence-corrected chi connectivity index (χ0v) is 11.7. The zero-order valence-electron chi connectivity index (χ0n) is 11.7. The van der Waals surface area contributed by atoms with Crippen molar-refractivity contribution in [2.75, 3.05) is 12.3 Å². The number of esters is 1. The molecule has 100 valence electrons. The maximum atomic E-state index is 11.8. The van der Waals surface area contributed by atoms with E-state index in [9.17, 15) is 4.79 Å². The van der Waals surface area contributed by atoms with Crippen molar-refractivity contribution in [1.82, 2.24) is 0 Å². The summed E-state index contributed by atoms with van der Waals surface area (Å²) in [4.78, 5) is 11.8. The third-order valence-electron chi connectivity index (χ3n) is 3.22. The highest BCUT2D eigenvalue weighted by molar-refractivity contribution is 5.75. The van der Waals surface area contributed by atoms with Crippen molar-refractivity contribution in [3.63, 3.8) is 0 Å². The monoisotopic (exact) mass is 249 g/mol. The minimum Gasteiger partial charge on any atom is -0.466 e. The second-order valence-electron chi connectivity index (χ2n) is 5.29. The molecule has 0 heterocycles. The summed E-state index contributed by atoms with van der Waals surface area (Å²) in [6, 6.07) is 5.90. The van der Waals surface area contributed by atoms with Crippen LogP contribution < -0.4 is 5.73 Å². The summed E-state index contributed by atoms with van der Waals surface area (Å²) < 4.78 is 5.09. The minimum atomic E-state index is -0.451. The van der Waals surface area contributed by atoms with Gasteiger partial charge in [0.25, 0.3) is 0 Å². The molecule has 0 aromatic heterocycles. The number of rotatable bonds is 5. The number of carbonyl (C=O) groups excluding carboxylic acids is 1. The van der Waals surface area contributed by atoms with Crippen LogP contribution >= 0.6 is 0 Å². The van der Waals surface area contributed by atoms with Gasteiger partial charge in [0.1, 0.15) is 0 Å². The van der Waals surface area contributed by atoms with E-state index in [2.05, 4.69) is 6.92 Å². The summed E-state index contributed by atoms with van der Waals surface area (Å²) in [5, 5.41) is 0. The number of nitrogen functional groups attached to an aromatic ring is 1. The van der Waals surface area contributed by atoms with E-state index in [0.717, 1.165) is 18.5 Å². The van der Waals surface area contributed by atoms with Crippen molar-refractivity contribution in [1.29, 1.82) is 0 Å². The number of ether oxygens (including phenoxy) is 1. The van der Waals surface area contributed by atoms with Crippen LogP contribution in [0.2, 0.25) is 0 Å². The minimum absolute atomic E-state index is 0.133. The molecule has 0 radical (unpaired) electrons. The number of nitrogens with two attached hydrogens (primary N) is 1. The summed E-state index contributed by atoms with van der Waals surface area (Å²) in [6.07, 6.45) is 1.60. The number of hydrogen-bond donors (Lipinski definition) is 1. The molecule has 0 saturated carbocycles. The molecule has 0 atom stereocenters. The van der Waals surface area contributed by atoms with Gasteiger partial charge < -0.3 is 10.5 Å². The van der Waals surface area contributed by atoms with Crippen LogP contribution in [0.1, 0.15) is 38.3 Å².